The standard InChI is InChI=1S/C25H28N4O2S/c1-28-11-13-29(14-12-28)32(30,31)17-9-10-24-21(15-17)18-6-4-7-20(18)25(27-24)22-16-26-23-8-3-2-5-19(22)23/h2-6,8-10,15-16,18,20,25-27H,7,11-14H2,1H3. The Morgan fingerprint density at radius 1 is 1.00 bits per heavy atom. The largest absolute Gasteiger partial charge is 0.378 e. The monoisotopic (exact) mass is 448 g/mol. The number of likely N-dealkylation sites (N-methyl/N-ethyl adjacent to an activating group) is 1. The van der Waals surface area contributed by atoms with Gasteiger partial charge in [0.05, 0.1) is 10.9 Å². The lowest BCUT2D eigenvalue weighted by molar-refractivity contribution is 0.222. The third kappa shape index (κ3) is 3.10. The van der Waals surface area contributed by atoms with Gasteiger partial charge in [0.1, 0.15) is 0 Å². The molecule has 0 radical (unpaired) electrons. The van der Waals surface area contributed by atoms with Crippen molar-refractivity contribution >= 4 is 26.6 Å². The highest BCUT2D eigenvalue weighted by Crippen LogP contribution is 2.51. The molecule has 3 unspecified atom stereocenters. The molecule has 0 spiro atoms. The normalized spacial score (nSPS) is 26.1. The Kier molecular flexibility index (Phi) is 4.68. The van der Waals surface area contributed by atoms with Crippen LogP contribution >= 0.6 is 0 Å². The van der Waals surface area contributed by atoms with Crippen LogP contribution < -0.4 is 5.32 Å². The highest BCUT2D eigenvalue weighted by Gasteiger charge is 2.39. The zero-order valence-corrected chi connectivity index (χ0v) is 19.0. The third-order valence-corrected chi connectivity index (χ3v) is 9.29. The fourth-order valence-corrected chi connectivity index (χ4v) is 7.03. The minimum atomic E-state index is -3.48. The number of piperazine rings is 1. The third-order valence-electron chi connectivity index (χ3n) is 7.39. The maximum absolute atomic E-state index is 13.3. The molecule has 1 aromatic heterocycles. The van der Waals surface area contributed by atoms with E-state index in [4.69, 9.17) is 0 Å². The molecule has 2 aliphatic heterocycles. The second-order valence-corrected chi connectivity index (χ2v) is 11.2. The molecule has 3 atom stereocenters. The van der Waals surface area contributed by atoms with Crippen molar-refractivity contribution in [2.45, 2.75) is 23.3 Å². The lowest BCUT2D eigenvalue weighted by Crippen LogP contribution is -2.47. The van der Waals surface area contributed by atoms with Gasteiger partial charge in [0.2, 0.25) is 10.0 Å². The van der Waals surface area contributed by atoms with E-state index in [2.05, 4.69) is 57.8 Å². The predicted molar refractivity (Wildman–Crippen MR) is 127 cm³/mol. The van der Waals surface area contributed by atoms with Crippen LogP contribution in [0.15, 0.2) is 65.7 Å². The maximum atomic E-state index is 13.3. The molecule has 3 aliphatic rings. The number of benzene rings is 2. The van der Waals surface area contributed by atoms with E-state index < -0.39 is 10.0 Å². The van der Waals surface area contributed by atoms with Crippen molar-refractivity contribution in [2.24, 2.45) is 5.92 Å². The van der Waals surface area contributed by atoms with Gasteiger partial charge in [0.15, 0.2) is 0 Å². The molecule has 166 valence electrons. The first-order valence-electron chi connectivity index (χ1n) is 11.3. The number of nitrogens with zero attached hydrogens (tertiary/aromatic N) is 2. The molecule has 3 heterocycles. The van der Waals surface area contributed by atoms with E-state index in [0.717, 1.165) is 36.3 Å². The molecule has 6 nitrogen and oxygen atoms in total. The minimum absolute atomic E-state index is 0.179. The second-order valence-electron chi connectivity index (χ2n) is 9.22. The molecule has 1 saturated heterocycles. The van der Waals surface area contributed by atoms with E-state index in [1.165, 1.54) is 10.9 Å². The van der Waals surface area contributed by atoms with Gasteiger partial charge in [-0.25, -0.2) is 8.42 Å². The smallest absolute Gasteiger partial charge is 0.243 e. The van der Waals surface area contributed by atoms with Crippen LogP contribution in [0.1, 0.15) is 29.5 Å². The summed E-state index contributed by atoms with van der Waals surface area (Å²) in [6, 6.07) is 14.2. The summed E-state index contributed by atoms with van der Waals surface area (Å²) in [7, 11) is -1.45. The predicted octanol–water partition coefficient (Wildman–Crippen LogP) is 3.93. The molecular formula is C25H28N4O2S. The Hall–Kier alpha value is -2.61. The average molecular weight is 449 g/mol. The summed E-state index contributed by atoms with van der Waals surface area (Å²) in [5.41, 5.74) is 4.55. The first kappa shape index (κ1) is 20.0. The Balaban J connectivity index is 1.37. The molecule has 0 saturated carbocycles. The highest BCUT2D eigenvalue weighted by atomic mass is 32.2. The van der Waals surface area contributed by atoms with Crippen molar-refractivity contribution in [1.82, 2.24) is 14.2 Å². The quantitative estimate of drug-likeness (QED) is 0.596. The number of nitrogens with one attached hydrogen (secondary N) is 2. The molecule has 6 rings (SSSR count). The summed E-state index contributed by atoms with van der Waals surface area (Å²) < 4.78 is 28.3. The number of rotatable bonds is 3. The number of H-pyrrole nitrogens is 1. The summed E-state index contributed by atoms with van der Waals surface area (Å²) in [6.45, 7) is 2.63. The Bertz CT molecular complexity index is 1300. The molecule has 2 N–H and O–H groups in total. The van der Waals surface area contributed by atoms with Crippen molar-refractivity contribution in [1.29, 1.82) is 0 Å². The number of fused-ring (bicyclic) bond motifs is 4. The highest BCUT2D eigenvalue weighted by molar-refractivity contribution is 7.89. The van der Waals surface area contributed by atoms with Crippen molar-refractivity contribution in [3.63, 3.8) is 0 Å². The summed E-state index contributed by atoms with van der Waals surface area (Å²) in [4.78, 5) is 5.99. The van der Waals surface area contributed by atoms with Gasteiger partial charge in [-0.05, 0) is 54.8 Å². The molecule has 32 heavy (non-hydrogen) atoms. The van der Waals surface area contributed by atoms with Gasteiger partial charge in [-0.3, -0.25) is 0 Å². The minimum Gasteiger partial charge on any atom is -0.378 e. The zero-order valence-electron chi connectivity index (χ0n) is 18.2. The van der Waals surface area contributed by atoms with Crippen LogP contribution in [-0.2, 0) is 10.0 Å². The SMILES string of the molecule is CN1CCN(S(=O)(=O)c2ccc3c(c2)C2C=CCC2C(c2c[nH]c4ccccc24)N3)CC1. The Labute approximate surface area is 189 Å². The van der Waals surface area contributed by atoms with Crippen molar-refractivity contribution in [3.05, 3.63) is 71.9 Å². The molecule has 2 aromatic carbocycles. The van der Waals surface area contributed by atoms with E-state index in [9.17, 15) is 8.42 Å². The van der Waals surface area contributed by atoms with Crippen LogP contribution in [0.4, 0.5) is 5.69 Å². The van der Waals surface area contributed by atoms with Crippen LogP contribution in [0, 0.1) is 5.92 Å². The van der Waals surface area contributed by atoms with Crippen molar-refractivity contribution in [2.75, 3.05) is 38.5 Å². The molecule has 7 heteroatoms. The maximum Gasteiger partial charge on any atom is 0.243 e. The van der Waals surface area contributed by atoms with E-state index >= 15 is 0 Å². The summed E-state index contributed by atoms with van der Waals surface area (Å²) >= 11 is 0. The van der Waals surface area contributed by atoms with Gasteiger partial charge in [0.25, 0.3) is 0 Å². The van der Waals surface area contributed by atoms with Gasteiger partial charge in [-0.2, -0.15) is 4.31 Å². The van der Waals surface area contributed by atoms with Crippen LogP contribution in [-0.4, -0.2) is 55.8 Å². The second kappa shape index (κ2) is 7.47. The topological polar surface area (TPSA) is 68.4 Å². The molecule has 1 fully saturated rings. The van der Waals surface area contributed by atoms with E-state index in [0.29, 0.717) is 23.9 Å². The van der Waals surface area contributed by atoms with Crippen LogP contribution in [0.2, 0.25) is 0 Å². The summed E-state index contributed by atoms with van der Waals surface area (Å²) in [6.07, 6.45) is 7.61. The summed E-state index contributed by atoms with van der Waals surface area (Å²) in [5.74, 6) is 0.579. The zero-order chi connectivity index (χ0) is 21.9. The van der Waals surface area contributed by atoms with Crippen molar-refractivity contribution < 1.29 is 8.42 Å². The fraction of sp³-hybridized carbons (Fsp3) is 0.360. The first-order chi connectivity index (χ1) is 15.5. The lowest BCUT2D eigenvalue weighted by atomic mass is 9.77. The molecule has 0 bridgehead atoms. The number of aromatic amines is 1. The number of anilines is 1. The number of para-hydroxylation sites is 1. The van der Waals surface area contributed by atoms with Gasteiger partial charge >= 0.3 is 0 Å². The number of sulfonamides is 1. The number of hydrogen-bond donors (Lipinski definition) is 2. The van der Waals surface area contributed by atoms with E-state index in [1.54, 1.807) is 10.4 Å². The summed E-state index contributed by atoms with van der Waals surface area (Å²) in [5, 5.41) is 5.00. The van der Waals surface area contributed by atoms with E-state index in [-0.39, 0.29) is 12.0 Å². The first-order valence-corrected chi connectivity index (χ1v) is 12.8. The van der Waals surface area contributed by atoms with Gasteiger partial charge in [-0.15, -0.1) is 0 Å². The Morgan fingerprint density at radius 2 is 1.81 bits per heavy atom. The van der Waals surface area contributed by atoms with Gasteiger partial charge < -0.3 is 15.2 Å². The molecule has 1 aliphatic carbocycles. The molecule has 0 amide bonds. The number of aromatic nitrogens is 1. The molecule has 3 aromatic rings. The van der Waals surface area contributed by atoms with Crippen LogP contribution in [0.5, 0.6) is 0 Å². The van der Waals surface area contributed by atoms with E-state index in [1.807, 2.05) is 19.2 Å². The number of hydrogen-bond acceptors (Lipinski definition) is 4. The van der Waals surface area contributed by atoms with Crippen LogP contribution in [0.3, 0.4) is 0 Å². The van der Waals surface area contributed by atoms with Crippen molar-refractivity contribution in [3.8, 4) is 0 Å². The van der Waals surface area contributed by atoms with Gasteiger partial charge in [-0.1, -0.05) is 30.4 Å². The fourth-order valence-electron chi connectivity index (χ4n) is 5.57. The van der Waals surface area contributed by atoms with Crippen LogP contribution in [0.25, 0.3) is 10.9 Å². The average Bonchev–Trinajstić information content (AvgIpc) is 3.46. The lowest BCUT2D eigenvalue weighted by Gasteiger charge is -2.38. The molecular weight excluding hydrogens is 420 g/mol. The number of allylic oxidation sites excluding steroid dienone is 2. The Morgan fingerprint density at radius 3 is 2.66 bits per heavy atom. The van der Waals surface area contributed by atoms with Gasteiger partial charge in [0, 0.05) is 54.9 Å².